The molecule has 1 fully saturated rings. The third kappa shape index (κ3) is 2.36. The highest BCUT2D eigenvalue weighted by Gasteiger charge is 2.38. The quantitative estimate of drug-likeness (QED) is 0.833. The van der Waals surface area contributed by atoms with E-state index in [2.05, 4.69) is 13.8 Å². The van der Waals surface area contributed by atoms with Crippen molar-refractivity contribution in [2.75, 3.05) is 0 Å². The van der Waals surface area contributed by atoms with E-state index in [1.165, 1.54) is 0 Å². The number of hydrogen-bond acceptors (Lipinski definition) is 2. The monoisotopic (exact) mass is 292 g/mol. The SMILES string of the molecule is CC(C)C1CCC(O)(c2cc3cccc(Cl)c3o2)CC1. The molecule has 1 saturated carbocycles. The summed E-state index contributed by atoms with van der Waals surface area (Å²) < 4.78 is 5.86. The van der Waals surface area contributed by atoms with Gasteiger partial charge in [0.15, 0.2) is 5.58 Å². The number of aliphatic hydroxyl groups is 1. The van der Waals surface area contributed by atoms with Gasteiger partial charge in [0.1, 0.15) is 11.4 Å². The Hall–Kier alpha value is -0.990. The van der Waals surface area contributed by atoms with Crippen molar-refractivity contribution in [1.29, 1.82) is 0 Å². The zero-order valence-corrected chi connectivity index (χ0v) is 12.8. The zero-order valence-electron chi connectivity index (χ0n) is 12.0. The van der Waals surface area contributed by atoms with Crippen LogP contribution in [0.1, 0.15) is 45.3 Å². The summed E-state index contributed by atoms with van der Waals surface area (Å²) in [5, 5.41) is 12.5. The van der Waals surface area contributed by atoms with Crippen LogP contribution in [0.5, 0.6) is 0 Å². The van der Waals surface area contributed by atoms with Gasteiger partial charge in [0, 0.05) is 5.39 Å². The van der Waals surface area contributed by atoms with E-state index in [0.717, 1.165) is 31.1 Å². The van der Waals surface area contributed by atoms with Crippen molar-refractivity contribution in [1.82, 2.24) is 0 Å². The molecule has 3 rings (SSSR count). The molecule has 1 aromatic carbocycles. The average Bonchev–Trinajstić information content (AvgIpc) is 2.85. The largest absolute Gasteiger partial charge is 0.456 e. The summed E-state index contributed by atoms with van der Waals surface area (Å²) in [4.78, 5) is 0. The second kappa shape index (κ2) is 5.09. The minimum Gasteiger partial charge on any atom is -0.456 e. The fourth-order valence-corrected chi connectivity index (χ4v) is 3.51. The van der Waals surface area contributed by atoms with Gasteiger partial charge in [0.05, 0.1) is 5.02 Å². The maximum Gasteiger partial charge on any atom is 0.153 e. The molecule has 1 aliphatic rings. The van der Waals surface area contributed by atoms with E-state index in [1.807, 2.05) is 24.3 Å². The molecule has 0 bridgehead atoms. The van der Waals surface area contributed by atoms with Crippen LogP contribution in [-0.2, 0) is 5.60 Å². The Balaban J connectivity index is 1.89. The molecule has 0 aliphatic heterocycles. The Labute approximate surface area is 124 Å². The molecule has 2 aromatic rings. The van der Waals surface area contributed by atoms with Crippen molar-refractivity contribution >= 4 is 22.6 Å². The summed E-state index contributed by atoms with van der Waals surface area (Å²) in [6.07, 6.45) is 3.65. The van der Waals surface area contributed by atoms with Gasteiger partial charge in [-0.05, 0) is 49.7 Å². The van der Waals surface area contributed by atoms with Crippen LogP contribution in [0.3, 0.4) is 0 Å². The smallest absolute Gasteiger partial charge is 0.153 e. The van der Waals surface area contributed by atoms with Gasteiger partial charge in [-0.2, -0.15) is 0 Å². The zero-order chi connectivity index (χ0) is 14.3. The van der Waals surface area contributed by atoms with Gasteiger partial charge in [-0.1, -0.05) is 37.6 Å². The molecular weight excluding hydrogens is 272 g/mol. The summed E-state index contributed by atoms with van der Waals surface area (Å²) >= 11 is 6.14. The van der Waals surface area contributed by atoms with Crippen LogP contribution in [0.25, 0.3) is 11.0 Å². The number of para-hydroxylation sites is 1. The molecular formula is C17H21ClO2. The maximum atomic E-state index is 10.9. The Morgan fingerprint density at radius 3 is 2.60 bits per heavy atom. The highest BCUT2D eigenvalue weighted by atomic mass is 35.5. The van der Waals surface area contributed by atoms with Crippen LogP contribution in [-0.4, -0.2) is 5.11 Å². The highest BCUT2D eigenvalue weighted by molar-refractivity contribution is 6.34. The number of rotatable bonds is 2. The Kier molecular flexibility index (Phi) is 3.55. The van der Waals surface area contributed by atoms with E-state index in [0.29, 0.717) is 28.2 Å². The molecule has 3 heteroatoms. The maximum absolute atomic E-state index is 10.9. The minimum absolute atomic E-state index is 0.605. The predicted octanol–water partition coefficient (Wildman–Crippen LogP) is 5.12. The fourth-order valence-electron chi connectivity index (χ4n) is 3.29. The van der Waals surface area contributed by atoms with Crippen molar-refractivity contribution in [2.24, 2.45) is 11.8 Å². The van der Waals surface area contributed by atoms with Gasteiger partial charge in [0.25, 0.3) is 0 Å². The number of benzene rings is 1. The predicted molar refractivity (Wildman–Crippen MR) is 81.9 cm³/mol. The molecule has 1 heterocycles. The lowest BCUT2D eigenvalue weighted by Gasteiger charge is -2.36. The van der Waals surface area contributed by atoms with Crippen molar-refractivity contribution < 1.29 is 9.52 Å². The van der Waals surface area contributed by atoms with Crippen LogP contribution in [0.15, 0.2) is 28.7 Å². The van der Waals surface area contributed by atoms with Crippen LogP contribution in [0, 0.1) is 11.8 Å². The van der Waals surface area contributed by atoms with E-state index in [1.54, 1.807) is 0 Å². The first-order chi connectivity index (χ1) is 9.49. The molecule has 1 aliphatic carbocycles. The van der Waals surface area contributed by atoms with Gasteiger partial charge in [-0.25, -0.2) is 0 Å². The number of fused-ring (bicyclic) bond motifs is 1. The lowest BCUT2D eigenvalue weighted by Crippen LogP contribution is -2.32. The van der Waals surface area contributed by atoms with Crippen LogP contribution in [0.2, 0.25) is 5.02 Å². The molecule has 0 atom stereocenters. The first-order valence-corrected chi connectivity index (χ1v) is 7.78. The Bertz CT molecular complexity index is 606. The van der Waals surface area contributed by atoms with Gasteiger partial charge < -0.3 is 9.52 Å². The van der Waals surface area contributed by atoms with E-state index in [-0.39, 0.29) is 0 Å². The first kappa shape index (κ1) is 14.0. The summed E-state index contributed by atoms with van der Waals surface area (Å²) in [5.41, 5.74) is -0.142. The third-order valence-corrected chi connectivity index (χ3v) is 5.05. The number of furan rings is 1. The van der Waals surface area contributed by atoms with Gasteiger partial charge in [-0.3, -0.25) is 0 Å². The summed E-state index contributed by atoms with van der Waals surface area (Å²) in [7, 11) is 0. The summed E-state index contributed by atoms with van der Waals surface area (Å²) in [6.45, 7) is 4.52. The van der Waals surface area contributed by atoms with Gasteiger partial charge in [-0.15, -0.1) is 0 Å². The second-order valence-corrected chi connectivity index (χ2v) is 6.79. The van der Waals surface area contributed by atoms with Crippen LogP contribution >= 0.6 is 11.6 Å². The van der Waals surface area contributed by atoms with Crippen LogP contribution in [0.4, 0.5) is 0 Å². The van der Waals surface area contributed by atoms with Crippen molar-refractivity contribution in [3.05, 3.63) is 35.0 Å². The normalized spacial score (nSPS) is 27.4. The van der Waals surface area contributed by atoms with E-state index >= 15 is 0 Å². The van der Waals surface area contributed by atoms with E-state index < -0.39 is 5.60 Å². The molecule has 0 amide bonds. The van der Waals surface area contributed by atoms with E-state index in [4.69, 9.17) is 16.0 Å². The second-order valence-electron chi connectivity index (χ2n) is 6.38. The van der Waals surface area contributed by atoms with Gasteiger partial charge >= 0.3 is 0 Å². The van der Waals surface area contributed by atoms with Gasteiger partial charge in [0.2, 0.25) is 0 Å². The minimum atomic E-state index is -0.826. The molecule has 0 radical (unpaired) electrons. The first-order valence-electron chi connectivity index (χ1n) is 7.40. The summed E-state index contributed by atoms with van der Waals surface area (Å²) in [5.74, 6) is 2.07. The van der Waals surface area contributed by atoms with Crippen LogP contribution < -0.4 is 0 Å². The Morgan fingerprint density at radius 1 is 1.30 bits per heavy atom. The number of halogens is 1. The molecule has 2 nitrogen and oxygen atoms in total. The molecule has 20 heavy (non-hydrogen) atoms. The summed E-state index contributed by atoms with van der Waals surface area (Å²) in [6, 6.07) is 7.63. The molecule has 0 unspecified atom stereocenters. The highest BCUT2D eigenvalue weighted by Crippen LogP contribution is 2.43. The molecule has 1 aromatic heterocycles. The van der Waals surface area contributed by atoms with E-state index in [9.17, 15) is 5.11 Å². The lowest BCUT2D eigenvalue weighted by molar-refractivity contribution is -0.0359. The molecule has 0 spiro atoms. The van der Waals surface area contributed by atoms with Crippen molar-refractivity contribution in [3.8, 4) is 0 Å². The van der Waals surface area contributed by atoms with Crippen molar-refractivity contribution in [2.45, 2.75) is 45.1 Å². The lowest BCUT2D eigenvalue weighted by atomic mass is 9.74. The number of hydrogen-bond donors (Lipinski definition) is 1. The average molecular weight is 293 g/mol. The fraction of sp³-hybridized carbons (Fsp3) is 0.529. The third-order valence-electron chi connectivity index (χ3n) is 4.75. The Morgan fingerprint density at radius 2 is 2.00 bits per heavy atom. The molecule has 108 valence electrons. The molecule has 1 N–H and O–H groups in total. The van der Waals surface area contributed by atoms with Crippen molar-refractivity contribution in [3.63, 3.8) is 0 Å². The molecule has 0 saturated heterocycles. The topological polar surface area (TPSA) is 33.4 Å². The standard InChI is InChI=1S/C17H21ClO2/c1-11(2)12-6-8-17(19,9-7-12)15-10-13-4-3-5-14(18)16(13)20-15/h3-5,10-12,19H,6-9H2,1-2H3.